The van der Waals surface area contributed by atoms with Crippen molar-refractivity contribution in [3.8, 4) is 0 Å². The zero-order valence-electron chi connectivity index (χ0n) is 4.03. The van der Waals surface area contributed by atoms with Crippen molar-refractivity contribution in [2.75, 3.05) is 0 Å². The van der Waals surface area contributed by atoms with Gasteiger partial charge in [0.05, 0.1) is 0 Å². The highest BCUT2D eigenvalue weighted by molar-refractivity contribution is 4.50. The summed E-state index contributed by atoms with van der Waals surface area (Å²) in [6.45, 7) is 1.45. The van der Waals surface area contributed by atoms with E-state index in [1.54, 1.807) is 0 Å². The number of hydrogen-bond acceptors (Lipinski definition) is 4. The first-order valence-corrected chi connectivity index (χ1v) is 1.92. The topological polar surface area (TPSA) is 75.7 Å². The van der Waals surface area contributed by atoms with Gasteiger partial charge in [-0.3, -0.25) is 5.26 Å². The van der Waals surface area contributed by atoms with Crippen LogP contribution in [0, 0.1) is 0 Å². The van der Waals surface area contributed by atoms with Crippen LogP contribution in [0.2, 0.25) is 0 Å². The minimum atomic E-state index is -1.11. The Hall–Kier alpha value is -0.160. The number of rotatable bonds is 2. The summed E-state index contributed by atoms with van der Waals surface area (Å²) in [4.78, 5) is 3.64. The van der Waals surface area contributed by atoms with Gasteiger partial charge >= 0.3 is 0 Å². The molecule has 0 spiro atoms. The molecule has 0 amide bonds. The highest BCUT2D eigenvalue weighted by atomic mass is 17.1. The average Bonchev–Trinajstić information content (AvgIpc) is 1.65. The molecule has 7 heavy (non-hydrogen) atoms. The Morgan fingerprint density at radius 3 is 2.14 bits per heavy atom. The minimum Gasteiger partial charge on any atom is -0.376 e. The van der Waals surface area contributed by atoms with Crippen LogP contribution in [0.15, 0.2) is 0 Å². The number of aliphatic hydroxyl groups excluding tert-OH is 1. The summed E-state index contributed by atoms with van der Waals surface area (Å²) in [5.41, 5.74) is 4.82. The maximum Gasteiger partial charge on any atom is 0.131 e. The van der Waals surface area contributed by atoms with Gasteiger partial charge in [-0.25, -0.2) is 4.89 Å². The Kier molecular flexibility index (Phi) is 2.86. The van der Waals surface area contributed by atoms with Crippen molar-refractivity contribution in [3.63, 3.8) is 0 Å². The van der Waals surface area contributed by atoms with E-state index in [1.807, 2.05) is 0 Å². The molecule has 0 heterocycles. The monoisotopic (exact) mass is 107 g/mol. The molecule has 0 rings (SSSR count). The molecule has 44 valence electrons. The van der Waals surface area contributed by atoms with E-state index >= 15 is 0 Å². The molecule has 4 heteroatoms. The molecule has 0 saturated carbocycles. The van der Waals surface area contributed by atoms with Gasteiger partial charge < -0.3 is 10.8 Å². The second-order valence-corrected chi connectivity index (χ2v) is 1.30. The molecule has 0 fully saturated rings. The lowest BCUT2D eigenvalue weighted by molar-refractivity contribution is -0.291. The van der Waals surface area contributed by atoms with Crippen LogP contribution >= 0.6 is 0 Å². The van der Waals surface area contributed by atoms with Gasteiger partial charge in [-0.05, 0) is 6.92 Å². The maximum absolute atomic E-state index is 8.31. The first kappa shape index (κ1) is 6.84. The second-order valence-electron chi connectivity index (χ2n) is 1.30. The molecule has 4 nitrogen and oxygen atoms in total. The Morgan fingerprint density at radius 1 is 1.71 bits per heavy atom. The van der Waals surface area contributed by atoms with E-state index in [0.717, 1.165) is 0 Å². The number of nitrogens with two attached hydrogens (primary N) is 1. The summed E-state index contributed by atoms with van der Waals surface area (Å²) in [6, 6.07) is 0. The van der Waals surface area contributed by atoms with Crippen LogP contribution < -0.4 is 5.73 Å². The minimum absolute atomic E-state index is 0.708. The zero-order chi connectivity index (χ0) is 5.86. The largest absolute Gasteiger partial charge is 0.376 e. The lowest BCUT2D eigenvalue weighted by Crippen LogP contribution is -2.33. The molecule has 0 aromatic carbocycles. The molecular weight excluding hydrogens is 98.0 g/mol. The fourth-order valence-electron chi connectivity index (χ4n) is 0.0624. The van der Waals surface area contributed by atoms with Gasteiger partial charge in [-0.2, -0.15) is 0 Å². The summed E-state index contributed by atoms with van der Waals surface area (Å²) in [6.07, 6.45) is -1.81. The summed E-state index contributed by atoms with van der Waals surface area (Å²) >= 11 is 0. The molecule has 2 atom stereocenters. The standard InChI is InChI=1S/C3H9NO3/c1-2(7-6)3(4)5/h2-3,5-6H,4H2,1H3. The van der Waals surface area contributed by atoms with Crippen molar-refractivity contribution in [2.24, 2.45) is 5.73 Å². The maximum atomic E-state index is 8.31. The van der Waals surface area contributed by atoms with Gasteiger partial charge in [0.2, 0.25) is 0 Å². The fraction of sp³-hybridized carbons (Fsp3) is 1.00. The summed E-state index contributed by atoms with van der Waals surface area (Å²) in [5, 5.41) is 16.1. The summed E-state index contributed by atoms with van der Waals surface area (Å²) < 4.78 is 0. The van der Waals surface area contributed by atoms with E-state index in [9.17, 15) is 0 Å². The molecule has 0 radical (unpaired) electrons. The van der Waals surface area contributed by atoms with Crippen LogP contribution in [-0.2, 0) is 4.89 Å². The highest BCUT2D eigenvalue weighted by Crippen LogP contribution is 1.86. The van der Waals surface area contributed by atoms with Crippen LogP contribution in [0.5, 0.6) is 0 Å². The summed E-state index contributed by atoms with van der Waals surface area (Å²) in [7, 11) is 0. The van der Waals surface area contributed by atoms with Crippen LogP contribution in [0.3, 0.4) is 0 Å². The third-order valence-corrected chi connectivity index (χ3v) is 0.647. The predicted octanol–water partition coefficient (Wildman–Crippen LogP) is -0.858. The molecular formula is C3H9NO3. The van der Waals surface area contributed by atoms with E-state index in [-0.39, 0.29) is 0 Å². The van der Waals surface area contributed by atoms with Crippen molar-refractivity contribution >= 4 is 0 Å². The number of hydrogen-bond donors (Lipinski definition) is 3. The van der Waals surface area contributed by atoms with E-state index in [2.05, 4.69) is 4.89 Å². The van der Waals surface area contributed by atoms with Crippen molar-refractivity contribution < 1.29 is 15.3 Å². The van der Waals surface area contributed by atoms with Crippen molar-refractivity contribution in [3.05, 3.63) is 0 Å². The van der Waals surface area contributed by atoms with E-state index in [0.29, 0.717) is 0 Å². The average molecular weight is 107 g/mol. The molecule has 0 aliphatic carbocycles. The molecule has 0 saturated heterocycles. The van der Waals surface area contributed by atoms with E-state index < -0.39 is 12.3 Å². The van der Waals surface area contributed by atoms with Gasteiger partial charge in [0, 0.05) is 0 Å². The smallest absolute Gasteiger partial charge is 0.131 e. The molecule has 0 aliphatic rings. The Morgan fingerprint density at radius 2 is 2.14 bits per heavy atom. The van der Waals surface area contributed by atoms with Crippen molar-refractivity contribution in [1.29, 1.82) is 0 Å². The first-order valence-electron chi connectivity index (χ1n) is 1.92. The Labute approximate surface area is 41.4 Å². The van der Waals surface area contributed by atoms with Crippen molar-refractivity contribution in [2.45, 2.75) is 19.3 Å². The van der Waals surface area contributed by atoms with Crippen LogP contribution in [-0.4, -0.2) is 22.7 Å². The molecule has 2 unspecified atom stereocenters. The lowest BCUT2D eigenvalue weighted by Gasteiger charge is -2.08. The number of aliphatic hydroxyl groups is 1. The normalized spacial score (nSPS) is 18.9. The predicted molar refractivity (Wildman–Crippen MR) is 23.4 cm³/mol. The molecule has 0 bridgehead atoms. The van der Waals surface area contributed by atoms with E-state index in [4.69, 9.17) is 16.1 Å². The van der Waals surface area contributed by atoms with Crippen LogP contribution in [0.4, 0.5) is 0 Å². The van der Waals surface area contributed by atoms with Crippen LogP contribution in [0.1, 0.15) is 6.92 Å². The zero-order valence-corrected chi connectivity index (χ0v) is 4.03. The van der Waals surface area contributed by atoms with Crippen LogP contribution in [0.25, 0.3) is 0 Å². The van der Waals surface area contributed by atoms with Gasteiger partial charge in [0.1, 0.15) is 12.3 Å². The highest BCUT2D eigenvalue weighted by Gasteiger charge is 2.06. The Bertz CT molecular complexity index is 47.4. The fourth-order valence-corrected chi connectivity index (χ4v) is 0.0624. The first-order chi connectivity index (χ1) is 3.18. The van der Waals surface area contributed by atoms with Gasteiger partial charge in [-0.1, -0.05) is 0 Å². The second kappa shape index (κ2) is 2.92. The van der Waals surface area contributed by atoms with Gasteiger partial charge in [-0.15, -0.1) is 0 Å². The van der Waals surface area contributed by atoms with E-state index in [1.165, 1.54) is 6.92 Å². The quantitative estimate of drug-likeness (QED) is 0.244. The molecule has 4 N–H and O–H groups in total. The lowest BCUT2D eigenvalue weighted by atomic mass is 10.4. The molecule has 0 aromatic heterocycles. The summed E-state index contributed by atoms with van der Waals surface area (Å²) in [5.74, 6) is 0. The third-order valence-electron chi connectivity index (χ3n) is 0.647. The van der Waals surface area contributed by atoms with Gasteiger partial charge in [0.15, 0.2) is 0 Å². The Balaban J connectivity index is 3.14. The third kappa shape index (κ3) is 2.52. The molecule has 0 aliphatic heterocycles. The SMILES string of the molecule is CC(OO)C(N)O. The van der Waals surface area contributed by atoms with Crippen molar-refractivity contribution in [1.82, 2.24) is 0 Å². The molecule has 0 aromatic rings. The van der Waals surface area contributed by atoms with Gasteiger partial charge in [0.25, 0.3) is 0 Å².